The number of hydrogen-bond acceptors (Lipinski definition) is 4. The number of methoxy groups -OCH3 is 1. The van der Waals surface area contributed by atoms with Crippen LogP contribution in [0.15, 0.2) is 48.7 Å². The minimum atomic E-state index is 0.0754. The summed E-state index contributed by atoms with van der Waals surface area (Å²) in [6.07, 6.45) is 1.66. The molecular formula is C16H19N3O2S. The molecule has 0 saturated carbocycles. The molecule has 1 aromatic heterocycles. The Bertz CT molecular complexity index is 590. The third-order valence-corrected chi connectivity index (χ3v) is 3.04. The van der Waals surface area contributed by atoms with Crippen molar-refractivity contribution in [1.82, 2.24) is 10.3 Å². The molecule has 116 valence electrons. The van der Waals surface area contributed by atoms with Crippen molar-refractivity contribution in [2.45, 2.75) is 13.0 Å². The van der Waals surface area contributed by atoms with Crippen molar-refractivity contribution in [3.63, 3.8) is 0 Å². The zero-order valence-corrected chi connectivity index (χ0v) is 13.4. The monoisotopic (exact) mass is 317 g/mol. The van der Waals surface area contributed by atoms with Gasteiger partial charge in [0.2, 0.25) is 5.88 Å². The third-order valence-electron chi connectivity index (χ3n) is 2.82. The number of nitrogens with zero attached hydrogens (tertiary/aromatic N) is 1. The van der Waals surface area contributed by atoms with E-state index in [0.29, 0.717) is 17.6 Å². The van der Waals surface area contributed by atoms with E-state index in [9.17, 15) is 0 Å². The number of hydrogen-bond donors (Lipinski definition) is 2. The van der Waals surface area contributed by atoms with Crippen molar-refractivity contribution in [2.75, 3.05) is 19.0 Å². The van der Waals surface area contributed by atoms with Crippen LogP contribution in [0, 0.1) is 0 Å². The summed E-state index contributed by atoms with van der Waals surface area (Å²) in [5, 5.41) is 6.76. The number of thiocarbonyl (C=S) groups is 1. The molecule has 0 unspecified atom stereocenters. The number of para-hydroxylation sites is 1. The van der Waals surface area contributed by atoms with Crippen LogP contribution in [0.1, 0.15) is 6.92 Å². The summed E-state index contributed by atoms with van der Waals surface area (Å²) < 4.78 is 10.7. The highest BCUT2D eigenvalue weighted by Crippen LogP contribution is 2.11. The molecule has 0 aliphatic rings. The Morgan fingerprint density at radius 3 is 2.64 bits per heavy atom. The zero-order valence-electron chi connectivity index (χ0n) is 12.6. The lowest BCUT2D eigenvalue weighted by atomic mass is 10.3. The van der Waals surface area contributed by atoms with Crippen molar-refractivity contribution in [2.24, 2.45) is 0 Å². The Hall–Kier alpha value is -2.34. The smallest absolute Gasteiger partial charge is 0.213 e. The highest BCUT2D eigenvalue weighted by molar-refractivity contribution is 7.80. The van der Waals surface area contributed by atoms with Gasteiger partial charge in [-0.15, -0.1) is 0 Å². The van der Waals surface area contributed by atoms with Crippen LogP contribution in [0.5, 0.6) is 11.6 Å². The maximum Gasteiger partial charge on any atom is 0.213 e. The van der Waals surface area contributed by atoms with Gasteiger partial charge in [0, 0.05) is 6.07 Å². The zero-order chi connectivity index (χ0) is 15.8. The minimum absolute atomic E-state index is 0.0754. The molecule has 0 spiro atoms. The third kappa shape index (κ3) is 5.21. The van der Waals surface area contributed by atoms with Crippen LogP contribution >= 0.6 is 12.2 Å². The largest absolute Gasteiger partial charge is 0.491 e. The first kappa shape index (κ1) is 16.0. The maximum atomic E-state index is 5.67. The van der Waals surface area contributed by atoms with E-state index < -0.39 is 0 Å². The van der Waals surface area contributed by atoms with Gasteiger partial charge in [0.25, 0.3) is 0 Å². The van der Waals surface area contributed by atoms with Crippen LogP contribution in [0.25, 0.3) is 0 Å². The van der Waals surface area contributed by atoms with Crippen molar-refractivity contribution in [3.05, 3.63) is 48.7 Å². The van der Waals surface area contributed by atoms with E-state index in [1.54, 1.807) is 19.4 Å². The fraction of sp³-hybridized carbons (Fsp3) is 0.250. The topological polar surface area (TPSA) is 55.4 Å². The predicted octanol–water partition coefficient (Wildman–Crippen LogP) is 2.84. The van der Waals surface area contributed by atoms with Crippen molar-refractivity contribution in [3.8, 4) is 11.6 Å². The SMILES string of the molecule is COc1ccc(NC(=S)N[C@H](C)COc2ccccc2)cn1. The van der Waals surface area contributed by atoms with Gasteiger partial charge in [-0.3, -0.25) is 0 Å². The molecule has 0 bridgehead atoms. The van der Waals surface area contributed by atoms with E-state index in [1.807, 2.05) is 43.3 Å². The minimum Gasteiger partial charge on any atom is -0.491 e. The lowest BCUT2D eigenvalue weighted by Crippen LogP contribution is -2.39. The summed E-state index contributed by atoms with van der Waals surface area (Å²) in [5.74, 6) is 1.41. The average molecular weight is 317 g/mol. The maximum absolute atomic E-state index is 5.67. The van der Waals surface area contributed by atoms with Crippen molar-refractivity contribution in [1.29, 1.82) is 0 Å². The van der Waals surface area contributed by atoms with Gasteiger partial charge in [-0.05, 0) is 37.3 Å². The number of rotatable bonds is 6. The van der Waals surface area contributed by atoms with Crippen molar-refractivity contribution < 1.29 is 9.47 Å². The number of pyridine rings is 1. The lowest BCUT2D eigenvalue weighted by molar-refractivity contribution is 0.287. The molecular weight excluding hydrogens is 298 g/mol. The van der Waals surface area contributed by atoms with E-state index in [4.69, 9.17) is 21.7 Å². The van der Waals surface area contributed by atoms with Crippen LogP contribution in [0.4, 0.5) is 5.69 Å². The van der Waals surface area contributed by atoms with Gasteiger partial charge >= 0.3 is 0 Å². The molecule has 1 heterocycles. The fourth-order valence-corrected chi connectivity index (χ4v) is 2.06. The molecule has 2 N–H and O–H groups in total. The normalized spacial score (nSPS) is 11.4. The van der Waals surface area contributed by atoms with Crippen LogP contribution in [-0.4, -0.2) is 29.9 Å². The summed E-state index contributed by atoms with van der Waals surface area (Å²) in [5.41, 5.74) is 0.800. The van der Waals surface area contributed by atoms with Gasteiger partial charge < -0.3 is 20.1 Å². The second-order valence-corrected chi connectivity index (χ2v) is 5.12. The predicted molar refractivity (Wildman–Crippen MR) is 91.5 cm³/mol. The van der Waals surface area contributed by atoms with E-state index in [-0.39, 0.29) is 6.04 Å². The van der Waals surface area contributed by atoms with Crippen LogP contribution in [-0.2, 0) is 0 Å². The lowest BCUT2D eigenvalue weighted by Gasteiger charge is -2.17. The van der Waals surface area contributed by atoms with E-state index in [2.05, 4.69) is 15.6 Å². The highest BCUT2D eigenvalue weighted by Gasteiger charge is 2.06. The molecule has 22 heavy (non-hydrogen) atoms. The highest BCUT2D eigenvalue weighted by atomic mass is 32.1. The summed E-state index contributed by atoms with van der Waals surface area (Å²) in [6, 6.07) is 13.4. The van der Waals surface area contributed by atoms with Gasteiger partial charge in [-0.2, -0.15) is 0 Å². The summed E-state index contributed by atoms with van der Waals surface area (Å²) in [7, 11) is 1.58. The number of benzene rings is 1. The molecule has 5 nitrogen and oxygen atoms in total. The molecule has 0 aliphatic carbocycles. The Morgan fingerprint density at radius 1 is 1.23 bits per heavy atom. The molecule has 0 saturated heterocycles. The number of anilines is 1. The molecule has 6 heteroatoms. The van der Waals surface area contributed by atoms with Crippen LogP contribution in [0.3, 0.4) is 0 Å². The first-order chi connectivity index (χ1) is 10.7. The fourth-order valence-electron chi connectivity index (χ4n) is 1.75. The first-order valence-electron chi connectivity index (χ1n) is 6.93. The van der Waals surface area contributed by atoms with Crippen molar-refractivity contribution >= 4 is 23.0 Å². The molecule has 0 radical (unpaired) electrons. The molecule has 2 rings (SSSR count). The summed E-state index contributed by atoms with van der Waals surface area (Å²) >= 11 is 5.27. The molecule has 1 aromatic carbocycles. The standard InChI is InChI=1S/C16H19N3O2S/c1-12(11-21-14-6-4-3-5-7-14)18-16(22)19-13-8-9-15(20-2)17-10-13/h3-10,12H,11H2,1-2H3,(H2,18,19,22)/t12-/m1/s1. The number of nitrogens with one attached hydrogen (secondary N) is 2. The van der Waals surface area contributed by atoms with Crippen LogP contribution < -0.4 is 20.1 Å². The molecule has 0 aliphatic heterocycles. The number of aromatic nitrogens is 1. The molecule has 0 amide bonds. The van der Waals surface area contributed by atoms with Gasteiger partial charge in [-0.25, -0.2) is 4.98 Å². The van der Waals surface area contributed by atoms with Gasteiger partial charge in [0.1, 0.15) is 12.4 Å². The van der Waals surface area contributed by atoms with E-state index in [0.717, 1.165) is 11.4 Å². The van der Waals surface area contributed by atoms with Crippen LogP contribution in [0.2, 0.25) is 0 Å². The Kier molecular flexibility index (Phi) is 5.97. The van der Waals surface area contributed by atoms with Gasteiger partial charge in [0.05, 0.1) is 25.0 Å². The van der Waals surface area contributed by atoms with E-state index in [1.165, 1.54) is 0 Å². The Morgan fingerprint density at radius 2 is 2.00 bits per heavy atom. The Balaban J connectivity index is 1.75. The quantitative estimate of drug-likeness (QED) is 0.799. The molecule has 0 fully saturated rings. The summed E-state index contributed by atoms with van der Waals surface area (Å²) in [4.78, 5) is 4.11. The average Bonchev–Trinajstić information content (AvgIpc) is 2.54. The second kappa shape index (κ2) is 8.19. The molecule has 1 atom stereocenters. The molecule has 2 aromatic rings. The Labute approximate surface area is 135 Å². The number of ether oxygens (including phenoxy) is 2. The van der Waals surface area contributed by atoms with Gasteiger partial charge in [0.15, 0.2) is 5.11 Å². The van der Waals surface area contributed by atoms with E-state index >= 15 is 0 Å². The first-order valence-corrected chi connectivity index (χ1v) is 7.33. The summed E-state index contributed by atoms with van der Waals surface area (Å²) in [6.45, 7) is 2.52. The second-order valence-electron chi connectivity index (χ2n) is 4.71. The van der Waals surface area contributed by atoms with Gasteiger partial charge in [-0.1, -0.05) is 18.2 Å².